The monoisotopic (exact) mass is 208 g/mol. The summed E-state index contributed by atoms with van der Waals surface area (Å²) in [5.41, 5.74) is 6.59. The van der Waals surface area contributed by atoms with E-state index in [1.165, 1.54) is 0 Å². The van der Waals surface area contributed by atoms with E-state index in [4.69, 9.17) is 10.5 Å². The predicted molar refractivity (Wildman–Crippen MR) is 62.0 cm³/mol. The molecule has 1 heterocycles. The maximum atomic E-state index is 5.60. The van der Waals surface area contributed by atoms with Gasteiger partial charge in [0.05, 0.1) is 6.61 Å². The number of aromatic nitrogens is 1. The van der Waals surface area contributed by atoms with Crippen LogP contribution in [0.1, 0.15) is 32.4 Å². The SMILES string of the molecule is CC(C)COc1cccc(C(C)CN)n1. The Balaban J connectivity index is 2.65. The normalized spacial score (nSPS) is 12.9. The Labute approximate surface area is 91.7 Å². The van der Waals surface area contributed by atoms with Crippen molar-refractivity contribution in [3.8, 4) is 5.88 Å². The van der Waals surface area contributed by atoms with Crippen LogP contribution >= 0.6 is 0 Å². The largest absolute Gasteiger partial charge is 0.477 e. The van der Waals surface area contributed by atoms with Gasteiger partial charge in [0, 0.05) is 24.2 Å². The van der Waals surface area contributed by atoms with Gasteiger partial charge >= 0.3 is 0 Å². The van der Waals surface area contributed by atoms with Gasteiger partial charge in [-0.05, 0) is 12.0 Å². The van der Waals surface area contributed by atoms with E-state index < -0.39 is 0 Å². The predicted octanol–water partition coefficient (Wildman–Crippen LogP) is 2.18. The van der Waals surface area contributed by atoms with Crippen molar-refractivity contribution >= 4 is 0 Å². The number of pyridine rings is 1. The molecule has 0 bridgehead atoms. The minimum Gasteiger partial charge on any atom is -0.477 e. The van der Waals surface area contributed by atoms with E-state index >= 15 is 0 Å². The van der Waals surface area contributed by atoms with Gasteiger partial charge in [0.25, 0.3) is 0 Å². The van der Waals surface area contributed by atoms with Gasteiger partial charge in [0.15, 0.2) is 0 Å². The molecule has 0 radical (unpaired) electrons. The summed E-state index contributed by atoms with van der Waals surface area (Å²) in [7, 11) is 0. The molecule has 0 fully saturated rings. The van der Waals surface area contributed by atoms with Crippen molar-refractivity contribution in [3.05, 3.63) is 23.9 Å². The molecule has 0 saturated carbocycles. The molecule has 15 heavy (non-hydrogen) atoms. The van der Waals surface area contributed by atoms with Crippen LogP contribution in [0.5, 0.6) is 5.88 Å². The highest BCUT2D eigenvalue weighted by atomic mass is 16.5. The molecule has 3 heteroatoms. The first-order valence-corrected chi connectivity index (χ1v) is 5.43. The molecule has 1 aromatic rings. The summed E-state index contributed by atoms with van der Waals surface area (Å²) in [5, 5.41) is 0. The summed E-state index contributed by atoms with van der Waals surface area (Å²) >= 11 is 0. The molecule has 1 aromatic heterocycles. The Morgan fingerprint density at radius 1 is 1.33 bits per heavy atom. The molecule has 84 valence electrons. The van der Waals surface area contributed by atoms with Crippen LogP contribution in [0.25, 0.3) is 0 Å². The van der Waals surface area contributed by atoms with Crippen molar-refractivity contribution in [2.75, 3.05) is 13.2 Å². The lowest BCUT2D eigenvalue weighted by molar-refractivity contribution is 0.260. The summed E-state index contributed by atoms with van der Waals surface area (Å²) in [6.45, 7) is 7.61. The molecule has 0 saturated heterocycles. The lowest BCUT2D eigenvalue weighted by atomic mass is 10.1. The van der Waals surface area contributed by atoms with E-state index in [0.29, 0.717) is 24.9 Å². The van der Waals surface area contributed by atoms with Crippen LogP contribution in [0, 0.1) is 5.92 Å². The van der Waals surface area contributed by atoms with Crippen LogP contribution in [-0.2, 0) is 0 Å². The topological polar surface area (TPSA) is 48.1 Å². The summed E-state index contributed by atoms with van der Waals surface area (Å²) < 4.78 is 5.55. The van der Waals surface area contributed by atoms with Crippen molar-refractivity contribution in [2.45, 2.75) is 26.7 Å². The van der Waals surface area contributed by atoms with Gasteiger partial charge in [-0.15, -0.1) is 0 Å². The fourth-order valence-corrected chi connectivity index (χ4v) is 1.16. The zero-order chi connectivity index (χ0) is 11.3. The molecule has 0 aliphatic rings. The smallest absolute Gasteiger partial charge is 0.213 e. The fraction of sp³-hybridized carbons (Fsp3) is 0.583. The summed E-state index contributed by atoms with van der Waals surface area (Å²) in [5.74, 6) is 1.50. The standard InChI is InChI=1S/C12H20N2O/c1-9(2)8-15-12-6-4-5-11(14-12)10(3)7-13/h4-6,9-10H,7-8,13H2,1-3H3. The maximum Gasteiger partial charge on any atom is 0.213 e. The highest BCUT2D eigenvalue weighted by molar-refractivity contribution is 5.18. The van der Waals surface area contributed by atoms with Crippen LogP contribution in [0.4, 0.5) is 0 Å². The molecule has 1 rings (SSSR count). The van der Waals surface area contributed by atoms with Gasteiger partial charge in [0.2, 0.25) is 5.88 Å². The summed E-state index contributed by atoms with van der Waals surface area (Å²) in [6, 6.07) is 5.83. The van der Waals surface area contributed by atoms with Crippen molar-refractivity contribution in [3.63, 3.8) is 0 Å². The Morgan fingerprint density at radius 2 is 2.07 bits per heavy atom. The first kappa shape index (κ1) is 12.0. The molecule has 1 unspecified atom stereocenters. The second-order valence-electron chi connectivity index (χ2n) is 4.24. The molecular formula is C12H20N2O. The zero-order valence-corrected chi connectivity index (χ0v) is 9.73. The van der Waals surface area contributed by atoms with E-state index in [1.54, 1.807) is 0 Å². The van der Waals surface area contributed by atoms with Crippen LogP contribution in [0.2, 0.25) is 0 Å². The fourth-order valence-electron chi connectivity index (χ4n) is 1.16. The molecular weight excluding hydrogens is 188 g/mol. The van der Waals surface area contributed by atoms with Crippen LogP contribution < -0.4 is 10.5 Å². The van der Waals surface area contributed by atoms with Gasteiger partial charge in [0.1, 0.15) is 0 Å². The number of hydrogen-bond acceptors (Lipinski definition) is 3. The van der Waals surface area contributed by atoms with Gasteiger partial charge in [-0.1, -0.05) is 26.8 Å². The minimum atomic E-state index is 0.285. The Morgan fingerprint density at radius 3 is 2.67 bits per heavy atom. The van der Waals surface area contributed by atoms with Crippen LogP contribution in [-0.4, -0.2) is 18.1 Å². The first-order chi connectivity index (χ1) is 7.13. The number of nitrogens with zero attached hydrogens (tertiary/aromatic N) is 1. The molecule has 0 aromatic carbocycles. The first-order valence-electron chi connectivity index (χ1n) is 5.43. The second-order valence-corrected chi connectivity index (χ2v) is 4.24. The van der Waals surface area contributed by atoms with Crippen LogP contribution in [0.3, 0.4) is 0 Å². The van der Waals surface area contributed by atoms with Gasteiger partial charge in [-0.2, -0.15) is 0 Å². The van der Waals surface area contributed by atoms with E-state index in [2.05, 4.69) is 25.8 Å². The quantitative estimate of drug-likeness (QED) is 0.806. The Bertz CT molecular complexity index is 299. The van der Waals surface area contributed by atoms with Crippen molar-refractivity contribution in [2.24, 2.45) is 11.7 Å². The highest BCUT2D eigenvalue weighted by Crippen LogP contribution is 2.15. The van der Waals surface area contributed by atoms with E-state index in [9.17, 15) is 0 Å². The molecule has 0 amide bonds. The average Bonchev–Trinajstić information content (AvgIpc) is 2.25. The van der Waals surface area contributed by atoms with Gasteiger partial charge in [-0.3, -0.25) is 0 Å². The molecule has 0 spiro atoms. The third-order valence-electron chi connectivity index (χ3n) is 2.17. The second kappa shape index (κ2) is 5.71. The molecule has 0 aliphatic carbocycles. The molecule has 2 N–H and O–H groups in total. The maximum absolute atomic E-state index is 5.60. The van der Waals surface area contributed by atoms with Crippen molar-refractivity contribution < 1.29 is 4.74 Å². The molecule has 1 atom stereocenters. The lowest BCUT2D eigenvalue weighted by Crippen LogP contribution is -2.11. The molecule has 0 aliphatic heterocycles. The Hall–Kier alpha value is -1.09. The van der Waals surface area contributed by atoms with Gasteiger partial charge < -0.3 is 10.5 Å². The number of hydrogen-bond donors (Lipinski definition) is 1. The summed E-state index contributed by atoms with van der Waals surface area (Å²) in [4.78, 5) is 4.41. The zero-order valence-electron chi connectivity index (χ0n) is 9.73. The number of rotatable bonds is 5. The van der Waals surface area contributed by atoms with E-state index in [-0.39, 0.29) is 5.92 Å². The number of ether oxygens (including phenoxy) is 1. The average molecular weight is 208 g/mol. The minimum absolute atomic E-state index is 0.285. The third-order valence-corrected chi connectivity index (χ3v) is 2.17. The lowest BCUT2D eigenvalue weighted by Gasteiger charge is -2.11. The van der Waals surface area contributed by atoms with Gasteiger partial charge in [-0.25, -0.2) is 4.98 Å². The number of nitrogens with two attached hydrogens (primary N) is 1. The Kier molecular flexibility index (Phi) is 4.56. The third kappa shape index (κ3) is 3.88. The molecule has 3 nitrogen and oxygen atoms in total. The summed E-state index contributed by atoms with van der Waals surface area (Å²) in [6.07, 6.45) is 0. The van der Waals surface area contributed by atoms with Crippen molar-refractivity contribution in [1.29, 1.82) is 0 Å². The van der Waals surface area contributed by atoms with E-state index in [1.807, 2.05) is 18.2 Å². The van der Waals surface area contributed by atoms with Crippen molar-refractivity contribution in [1.82, 2.24) is 4.98 Å². The van der Waals surface area contributed by atoms with E-state index in [0.717, 1.165) is 5.69 Å². The highest BCUT2D eigenvalue weighted by Gasteiger charge is 2.06. The van der Waals surface area contributed by atoms with Crippen LogP contribution in [0.15, 0.2) is 18.2 Å².